The molecule has 0 amide bonds. The van der Waals surface area contributed by atoms with Crippen LogP contribution in [0.1, 0.15) is 59.3 Å². The molecule has 4 aliphatic carbocycles. The number of hydrogen-bond donors (Lipinski definition) is 1. The van der Waals surface area contributed by atoms with E-state index < -0.39 is 22.7 Å². The molecule has 0 aromatic carbocycles. The zero-order chi connectivity index (χ0) is 23.3. The van der Waals surface area contributed by atoms with Gasteiger partial charge in [0, 0.05) is 38.4 Å². The Labute approximate surface area is 194 Å². The molecule has 0 radical (unpaired) electrons. The molecule has 6 aliphatic rings. The van der Waals surface area contributed by atoms with E-state index in [4.69, 9.17) is 9.47 Å². The molecule has 2 saturated carbocycles. The van der Waals surface area contributed by atoms with Gasteiger partial charge in [-0.3, -0.25) is 19.3 Å². The van der Waals surface area contributed by atoms with Crippen LogP contribution in [0, 0.1) is 40.4 Å². The van der Waals surface area contributed by atoms with Gasteiger partial charge in [-0.2, -0.15) is 0 Å². The number of rotatable bonds is 4. The first-order valence-corrected chi connectivity index (χ1v) is 12.7. The van der Waals surface area contributed by atoms with Crippen molar-refractivity contribution in [2.24, 2.45) is 40.4 Å². The number of esters is 2. The molecular formula is C26H35NO6. The molecule has 1 spiro atoms. The van der Waals surface area contributed by atoms with Crippen LogP contribution < -0.4 is 0 Å². The monoisotopic (exact) mass is 457 g/mol. The Kier molecular flexibility index (Phi) is 4.63. The van der Waals surface area contributed by atoms with Gasteiger partial charge in [0.15, 0.2) is 0 Å². The molecule has 4 fully saturated rings. The Morgan fingerprint density at radius 2 is 1.88 bits per heavy atom. The van der Waals surface area contributed by atoms with Gasteiger partial charge < -0.3 is 14.6 Å². The topological polar surface area (TPSA) is 93.1 Å². The highest BCUT2D eigenvalue weighted by molar-refractivity contribution is 5.74. The van der Waals surface area contributed by atoms with E-state index in [2.05, 4.69) is 11.8 Å². The van der Waals surface area contributed by atoms with E-state index in [0.29, 0.717) is 18.3 Å². The molecule has 9 atom stereocenters. The van der Waals surface area contributed by atoms with E-state index in [9.17, 15) is 19.5 Å². The van der Waals surface area contributed by atoms with Gasteiger partial charge in [0.25, 0.3) is 0 Å². The van der Waals surface area contributed by atoms with Crippen molar-refractivity contribution in [3.63, 3.8) is 0 Å². The van der Waals surface area contributed by atoms with Crippen molar-refractivity contribution < 1.29 is 29.0 Å². The fourth-order valence-corrected chi connectivity index (χ4v) is 9.89. The molecule has 0 aromatic heterocycles. The van der Waals surface area contributed by atoms with Crippen LogP contribution >= 0.6 is 0 Å². The van der Waals surface area contributed by atoms with Gasteiger partial charge in [-0.25, -0.2) is 0 Å². The Bertz CT molecular complexity index is 958. The standard InChI is InChI=1S/C26H35NO6/c1-13-10-27-11-17-6-4-16-5-7-18-20(24(30)31)9-25(22(16)18)23(27)19(13)8-21(33-15(3)29)26(17,25)12-32-14(2)28/h13,17-21,23H,4-12H2,1-3H3,(H,30,31)/t13-,17+,18+,19+,20+,21+,23-,25-,26+/m0/s1. The number of allylic oxidation sites excluding steroid dienone is 1. The molecule has 2 heterocycles. The van der Waals surface area contributed by atoms with E-state index in [0.717, 1.165) is 45.2 Å². The molecule has 7 heteroatoms. The van der Waals surface area contributed by atoms with Crippen LogP contribution in [-0.4, -0.2) is 59.8 Å². The Hall–Kier alpha value is -1.89. The summed E-state index contributed by atoms with van der Waals surface area (Å²) in [6.45, 7) is 7.34. The number of carbonyl (C=O) groups excluding carboxylic acids is 2. The molecule has 6 rings (SSSR count). The highest BCUT2D eigenvalue weighted by atomic mass is 16.6. The minimum Gasteiger partial charge on any atom is -0.481 e. The first kappa shape index (κ1) is 21.6. The third kappa shape index (κ3) is 2.58. The maximum atomic E-state index is 12.6. The van der Waals surface area contributed by atoms with E-state index in [1.54, 1.807) is 0 Å². The first-order chi connectivity index (χ1) is 15.7. The summed E-state index contributed by atoms with van der Waals surface area (Å²) in [5.74, 6) is -0.689. The minimum absolute atomic E-state index is 0.0561. The number of carbonyl (C=O) groups is 3. The largest absolute Gasteiger partial charge is 0.481 e. The number of aliphatic carboxylic acids is 1. The molecule has 1 N–H and O–H groups in total. The lowest BCUT2D eigenvalue weighted by Crippen LogP contribution is -2.73. The molecule has 0 unspecified atom stereocenters. The molecule has 7 nitrogen and oxygen atoms in total. The molecule has 0 aromatic rings. The normalized spacial score (nSPS) is 47.2. The lowest BCUT2D eigenvalue weighted by molar-refractivity contribution is -0.239. The van der Waals surface area contributed by atoms with Crippen molar-refractivity contribution in [3.8, 4) is 0 Å². The Morgan fingerprint density at radius 1 is 1.12 bits per heavy atom. The summed E-state index contributed by atoms with van der Waals surface area (Å²) in [6, 6.07) is 0.235. The number of piperidine rings is 1. The predicted molar refractivity (Wildman–Crippen MR) is 118 cm³/mol. The lowest BCUT2D eigenvalue weighted by Gasteiger charge is -2.67. The molecule has 33 heavy (non-hydrogen) atoms. The maximum Gasteiger partial charge on any atom is 0.307 e. The SMILES string of the molecule is CC(=O)OC[C@]12[C@@H]3CCC4=C5[C@H](CC4)[C@H](C(=O)O)C[C@@]51[C@@H]1[C@H](C[C@H]2OC(C)=O)[C@@H](C)CN1C3. The van der Waals surface area contributed by atoms with Gasteiger partial charge in [0.2, 0.25) is 0 Å². The van der Waals surface area contributed by atoms with Crippen LogP contribution in [0.4, 0.5) is 0 Å². The van der Waals surface area contributed by atoms with E-state index in [-0.39, 0.29) is 42.5 Å². The quantitative estimate of drug-likeness (QED) is 0.512. The van der Waals surface area contributed by atoms with E-state index in [1.165, 1.54) is 25.0 Å². The summed E-state index contributed by atoms with van der Waals surface area (Å²) in [6.07, 6.45) is 4.84. The summed E-state index contributed by atoms with van der Waals surface area (Å²) in [5.41, 5.74) is 1.86. The van der Waals surface area contributed by atoms with Crippen LogP contribution in [0.5, 0.6) is 0 Å². The van der Waals surface area contributed by atoms with Gasteiger partial charge in [-0.1, -0.05) is 18.1 Å². The van der Waals surface area contributed by atoms with Gasteiger partial charge >= 0.3 is 17.9 Å². The molecule has 2 saturated heterocycles. The maximum absolute atomic E-state index is 12.6. The summed E-state index contributed by atoms with van der Waals surface area (Å²) in [5, 5.41) is 10.3. The van der Waals surface area contributed by atoms with Crippen LogP contribution in [0.15, 0.2) is 11.1 Å². The number of hydrogen-bond acceptors (Lipinski definition) is 6. The first-order valence-electron chi connectivity index (χ1n) is 12.7. The van der Waals surface area contributed by atoms with E-state index >= 15 is 0 Å². The number of ether oxygens (including phenoxy) is 2. The van der Waals surface area contributed by atoms with Gasteiger partial charge in [0.1, 0.15) is 12.7 Å². The van der Waals surface area contributed by atoms with Crippen LogP contribution in [0.2, 0.25) is 0 Å². The molecule has 180 valence electrons. The smallest absolute Gasteiger partial charge is 0.307 e. The average Bonchev–Trinajstić information content (AvgIpc) is 3.37. The highest BCUT2D eigenvalue weighted by Gasteiger charge is 2.79. The van der Waals surface area contributed by atoms with Crippen LogP contribution in [-0.2, 0) is 23.9 Å². The summed E-state index contributed by atoms with van der Waals surface area (Å²) < 4.78 is 12.0. The second-order valence-corrected chi connectivity index (χ2v) is 11.7. The second kappa shape index (κ2) is 7.06. The van der Waals surface area contributed by atoms with Crippen molar-refractivity contribution in [1.82, 2.24) is 4.90 Å². The van der Waals surface area contributed by atoms with Gasteiger partial charge in [-0.15, -0.1) is 0 Å². The van der Waals surface area contributed by atoms with Crippen molar-refractivity contribution >= 4 is 17.9 Å². The van der Waals surface area contributed by atoms with Crippen molar-refractivity contribution in [3.05, 3.63) is 11.1 Å². The van der Waals surface area contributed by atoms with Crippen molar-refractivity contribution in [1.29, 1.82) is 0 Å². The van der Waals surface area contributed by atoms with E-state index in [1.807, 2.05) is 0 Å². The number of nitrogens with zero attached hydrogens (tertiary/aromatic N) is 1. The second-order valence-electron chi connectivity index (χ2n) is 11.7. The predicted octanol–water partition coefficient (Wildman–Crippen LogP) is 3.03. The third-order valence-electron chi connectivity index (χ3n) is 10.6. The highest BCUT2D eigenvalue weighted by Crippen LogP contribution is 2.77. The van der Waals surface area contributed by atoms with Crippen molar-refractivity contribution in [2.75, 3.05) is 19.7 Å². The molecule has 2 aliphatic heterocycles. The lowest BCUT2D eigenvalue weighted by atomic mass is 9.42. The zero-order valence-electron chi connectivity index (χ0n) is 19.8. The van der Waals surface area contributed by atoms with Crippen molar-refractivity contribution in [2.45, 2.75) is 71.4 Å². The fraction of sp³-hybridized carbons (Fsp3) is 0.808. The minimum atomic E-state index is -0.710. The van der Waals surface area contributed by atoms with Gasteiger partial charge in [0.05, 0.1) is 11.3 Å². The fourth-order valence-electron chi connectivity index (χ4n) is 9.89. The molecule has 4 bridgehead atoms. The molecular weight excluding hydrogens is 422 g/mol. The third-order valence-corrected chi connectivity index (χ3v) is 10.6. The van der Waals surface area contributed by atoms with Crippen LogP contribution in [0.3, 0.4) is 0 Å². The zero-order valence-corrected chi connectivity index (χ0v) is 19.8. The number of carboxylic acid groups (broad SMARTS) is 1. The summed E-state index contributed by atoms with van der Waals surface area (Å²) in [7, 11) is 0. The average molecular weight is 458 g/mol. The Balaban J connectivity index is 1.63. The van der Waals surface area contributed by atoms with Gasteiger partial charge in [-0.05, 0) is 62.2 Å². The summed E-state index contributed by atoms with van der Waals surface area (Å²) in [4.78, 5) is 39.7. The Morgan fingerprint density at radius 3 is 2.58 bits per heavy atom. The number of carboxylic acids is 1. The van der Waals surface area contributed by atoms with Crippen LogP contribution in [0.25, 0.3) is 0 Å². The summed E-state index contributed by atoms with van der Waals surface area (Å²) >= 11 is 0.